The van der Waals surface area contributed by atoms with Crippen LogP contribution in [0.3, 0.4) is 0 Å². The van der Waals surface area contributed by atoms with Gasteiger partial charge in [0, 0.05) is 12.5 Å². The van der Waals surface area contributed by atoms with Gasteiger partial charge in [-0.05, 0) is 44.9 Å². The Balaban J connectivity index is 2.52. The minimum atomic E-state index is -0.539. The van der Waals surface area contributed by atoms with Crippen LogP contribution >= 0.6 is 0 Å². The first kappa shape index (κ1) is 17.2. The predicted molar refractivity (Wildman–Crippen MR) is 83.4 cm³/mol. The zero-order valence-electron chi connectivity index (χ0n) is 13.3. The minimum absolute atomic E-state index is 0.108. The molecule has 2 unspecified atom stereocenters. The van der Waals surface area contributed by atoms with E-state index < -0.39 is 6.10 Å². The van der Waals surface area contributed by atoms with Gasteiger partial charge in [-0.2, -0.15) is 0 Å². The second-order valence-corrected chi connectivity index (χ2v) is 5.48. The number of ketones is 1. The third-order valence-corrected chi connectivity index (χ3v) is 3.17. The van der Waals surface area contributed by atoms with Gasteiger partial charge in [0.2, 0.25) is 0 Å². The third kappa shape index (κ3) is 6.43. The molecule has 1 amide bonds. The van der Waals surface area contributed by atoms with Crippen LogP contribution in [-0.4, -0.2) is 23.8 Å². The summed E-state index contributed by atoms with van der Waals surface area (Å²) in [6.07, 6.45) is 1.88. The van der Waals surface area contributed by atoms with Gasteiger partial charge in [-0.15, -0.1) is 0 Å². The summed E-state index contributed by atoms with van der Waals surface area (Å²) in [7, 11) is 0. The monoisotopic (exact) mass is 291 g/mol. The Kier molecular flexibility index (Phi) is 6.92. The summed E-state index contributed by atoms with van der Waals surface area (Å²) in [6.45, 7) is 7.38. The largest absolute Gasteiger partial charge is 0.481 e. The molecular formula is C17H25NO3. The van der Waals surface area contributed by atoms with Crippen molar-refractivity contribution in [2.75, 3.05) is 0 Å². The topological polar surface area (TPSA) is 55.4 Å². The molecule has 1 N–H and O–H groups in total. The van der Waals surface area contributed by atoms with E-state index in [4.69, 9.17) is 4.74 Å². The molecule has 0 aliphatic carbocycles. The van der Waals surface area contributed by atoms with E-state index >= 15 is 0 Å². The van der Waals surface area contributed by atoms with Crippen LogP contribution < -0.4 is 10.1 Å². The molecule has 1 aromatic rings. The predicted octanol–water partition coefficient (Wildman–Crippen LogP) is 2.89. The Morgan fingerprint density at radius 3 is 2.33 bits per heavy atom. The quantitative estimate of drug-likeness (QED) is 0.801. The Hall–Kier alpha value is -1.84. The molecule has 0 fully saturated rings. The first-order valence-electron chi connectivity index (χ1n) is 7.47. The van der Waals surface area contributed by atoms with E-state index in [2.05, 4.69) is 12.2 Å². The zero-order valence-corrected chi connectivity index (χ0v) is 13.3. The number of hydrogen-bond donors (Lipinski definition) is 1. The lowest BCUT2D eigenvalue weighted by atomic mass is 10.1. The van der Waals surface area contributed by atoms with E-state index in [1.165, 1.54) is 0 Å². The van der Waals surface area contributed by atoms with E-state index in [1.54, 1.807) is 26.0 Å². The molecule has 0 bridgehead atoms. The number of carbonyl (C=O) groups is 2. The number of rotatable bonds is 8. The molecule has 0 aliphatic rings. The summed E-state index contributed by atoms with van der Waals surface area (Å²) in [4.78, 5) is 23.0. The fourth-order valence-electron chi connectivity index (χ4n) is 2.10. The lowest BCUT2D eigenvalue weighted by Gasteiger charge is -2.18. The molecule has 0 aliphatic heterocycles. The molecule has 2 atom stereocenters. The molecule has 21 heavy (non-hydrogen) atoms. The summed E-state index contributed by atoms with van der Waals surface area (Å²) in [5, 5.41) is 2.93. The zero-order chi connectivity index (χ0) is 15.8. The Labute approximate surface area is 126 Å². The van der Waals surface area contributed by atoms with Crippen molar-refractivity contribution in [3.8, 4) is 5.75 Å². The number of Topliss-reactive ketones (excluding diaryl/α,β-unsaturated/α-hetero) is 1. The van der Waals surface area contributed by atoms with Crippen molar-refractivity contribution < 1.29 is 14.3 Å². The SMILES string of the molecule is CCCC(C)NC(=O)C(C)Oc1ccc(CC(C)=O)cc1. The lowest BCUT2D eigenvalue weighted by molar-refractivity contribution is -0.127. The highest BCUT2D eigenvalue weighted by atomic mass is 16.5. The fourth-order valence-corrected chi connectivity index (χ4v) is 2.10. The second-order valence-electron chi connectivity index (χ2n) is 5.48. The van der Waals surface area contributed by atoms with Crippen LogP contribution in [-0.2, 0) is 16.0 Å². The normalized spacial score (nSPS) is 13.3. The van der Waals surface area contributed by atoms with Crippen molar-refractivity contribution in [2.45, 2.75) is 59.1 Å². The van der Waals surface area contributed by atoms with E-state index in [1.807, 2.05) is 19.1 Å². The standard InChI is InChI=1S/C17H25NO3/c1-5-6-12(2)18-17(20)14(4)21-16-9-7-15(8-10-16)11-13(3)19/h7-10,12,14H,5-6,11H2,1-4H3,(H,18,20). The molecular weight excluding hydrogens is 266 g/mol. The fraction of sp³-hybridized carbons (Fsp3) is 0.529. The van der Waals surface area contributed by atoms with Gasteiger partial charge in [0.05, 0.1) is 0 Å². The summed E-state index contributed by atoms with van der Waals surface area (Å²) in [6, 6.07) is 7.43. The lowest BCUT2D eigenvalue weighted by Crippen LogP contribution is -2.41. The van der Waals surface area contributed by atoms with Crippen molar-refractivity contribution in [3.63, 3.8) is 0 Å². The number of ether oxygens (including phenoxy) is 1. The van der Waals surface area contributed by atoms with Crippen LogP contribution in [0.15, 0.2) is 24.3 Å². The molecule has 0 radical (unpaired) electrons. The van der Waals surface area contributed by atoms with Crippen molar-refractivity contribution in [2.24, 2.45) is 0 Å². The maximum Gasteiger partial charge on any atom is 0.260 e. The van der Waals surface area contributed by atoms with Crippen LogP contribution in [0.25, 0.3) is 0 Å². The molecule has 4 heteroatoms. The van der Waals surface area contributed by atoms with Gasteiger partial charge in [-0.25, -0.2) is 0 Å². The average molecular weight is 291 g/mol. The van der Waals surface area contributed by atoms with E-state index in [0.29, 0.717) is 12.2 Å². The molecule has 0 heterocycles. The first-order valence-corrected chi connectivity index (χ1v) is 7.47. The number of nitrogens with one attached hydrogen (secondary N) is 1. The highest BCUT2D eigenvalue weighted by molar-refractivity contribution is 5.81. The first-order chi connectivity index (χ1) is 9.92. The average Bonchev–Trinajstić information content (AvgIpc) is 2.40. The Morgan fingerprint density at radius 1 is 1.19 bits per heavy atom. The second kappa shape index (κ2) is 8.45. The van der Waals surface area contributed by atoms with Gasteiger partial charge in [0.1, 0.15) is 11.5 Å². The molecule has 0 saturated carbocycles. The van der Waals surface area contributed by atoms with E-state index in [0.717, 1.165) is 18.4 Å². The van der Waals surface area contributed by atoms with Crippen molar-refractivity contribution in [3.05, 3.63) is 29.8 Å². The number of benzene rings is 1. The molecule has 0 aromatic heterocycles. The minimum Gasteiger partial charge on any atom is -0.481 e. The van der Waals surface area contributed by atoms with Crippen molar-refractivity contribution >= 4 is 11.7 Å². The maximum atomic E-state index is 12.0. The van der Waals surface area contributed by atoms with Crippen LogP contribution in [0, 0.1) is 0 Å². The van der Waals surface area contributed by atoms with Gasteiger partial charge in [-0.1, -0.05) is 25.5 Å². The summed E-state index contributed by atoms with van der Waals surface area (Å²) < 4.78 is 5.62. The van der Waals surface area contributed by atoms with Gasteiger partial charge in [0.25, 0.3) is 5.91 Å². The maximum absolute atomic E-state index is 12.0. The highest BCUT2D eigenvalue weighted by Crippen LogP contribution is 2.14. The smallest absolute Gasteiger partial charge is 0.260 e. The summed E-state index contributed by atoms with van der Waals surface area (Å²) in [5.74, 6) is 0.651. The van der Waals surface area contributed by atoms with Gasteiger partial charge in [-0.3, -0.25) is 9.59 Å². The summed E-state index contributed by atoms with van der Waals surface area (Å²) >= 11 is 0. The molecule has 0 saturated heterocycles. The molecule has 1 rings (SSSR count). The van der Waals surface area contributed by atoms with E-state index in [-0.39, 0.29) is 17.7 Å². The summed E-state index contributed by atoms with van der Waals surface area (Å²) in [5.41, 5.74) is 0.948. The van der Waals surface area contributed by atoms with Crippen LogP contribution in [0.2, 0.25) is 0 Å². The van der Waals surface area contributed by atoms with Crippen molar-refractivity contribution in [1.82, 2.24) is 5.32 Å². The molecule has 4 nitrogen and oxygen atoms in total. The van der Waals surface area contributed by atoms with Gasteiger partial charge >= 0.3 is 0 Å². The third-order valence-electron chi connectivity index (χ3n) is 3.17. The van der Waals surface area contributed by atoms with Crippen LogP contribution in [0.5, 0.6) is 5.75 Å². The van der Waals surface area contributed by atoms with Gasteiger partial charge in [0.15, 0.2) is 6.10 Å². The van der Waals surface area contributed by atoms with Gasteiger partial charge < -0.3 is 10.1 Å². The molecule has 116 valence electrons. The van der Waals surface area contributed by atoms with Crippen LogP contribution in [0.1, 0.15) is 46.1 Å². The highest BCUT2D eigenvalue weighted by Gasteiger charge is 2.16. The number of carbonyl (C=O) groups excluding carboxylic acids is 2. The Morgan fingerprint density at radius 2 is 1.81 bits per heavy atom. The van der Waals surface area contributed by atoms with Crippen LogP contribution in [0.4, 0.5) is 0 Å². The number of hydrogen-bond acceptors (Lipinski definition) is 3. The van der Waals surface area contributed by atoms with Crippen molar-refractivity contribution in [1.29, 1.82) is 0 Å². The molecule has 0 spiro atoms. The Bertz CT molecular complexity index is 467. The number of amides is 1. The molecule has 1 aromatic carbocycles. The van der Waals surface area contributed by atoms with E-state index in [9.17, 15) is 9.59 Å².